The Morgan fingerprint density at radius 3 is 2.73 bits per heavy atom. The Morgan fingerprint density at radius 2 is 2.08 bits per heavy atom. The fraction of sp³-hybridized carbons (Fsp3) is 0.214. The van der Waals surface area contributed by atoms with E-state index in [0.29, 0.717) is 6.42 Å². The lowest BCUT2D eigenvalue weighted by Crippen LogP contribution is -2.15. The zero-order valence-electron chi connectivity index (χ0n) is 13.3. The maximum absolute atomic E-state index is 12.8. The molecule has 0 fully saturated rings. The minimum Gasteiger partial charge on any atom is -0.382 e. The SMILES string of the molecule is CCc1nnc(NC(=O)c2nnn(-c3cccc(C(F)(F)F)c3)c2N)s1. The Hall–Kier alpha value is -3.02. The second-order valence-electron chi connectivity index (χ2n) is 5.09. The summed E-state index contributed by atoms with van der Waals surface area (Å²) < 4.78 is 39.5. The number of hydrogen-bond donors (Lipinski definition) is 2. The van der Waals surface area contributed by atoms with Crippen LogP contribution in [0.15, 0.2) is 24.3 Å². The second kappa shape index (κ2) is 6.71. The van der Waals surface area contributed by atoms with Crippen molar-refractivity contribution in [3.05, 3.63) is 40.5 Å². The summed E-state index contributed by atoms with van der Waals surface area (Å²) in [5.41, 5.74) is 4.79. The van der Waals surface area contributed by atoms with E-state index < -0.39 is 17.6 Å². The Morgan fingerprint density at radius 1 is 1.31 bits per heavy atom. The van der Waals surface area contributed by atoms with Crippen molar-refractivity contribution in [3.8, 4) is 5.69 Å². The van der Waals surface area contributed by atoms with E-state index in [4.69, 9.17) is 5.73 Å². The number of nitrogen functional groups attached to an aromatic ring is 1. The van der Waals surface area contributed by atoms with Crippen molar-refractivity contribution in [2.24, 2.45) is 0 Å². The number of nitrogens with zero attached hydrogens (tertiary/aromatic N) is 5. The third-order valence-electron chi connectivity index (χ3n) is 3.33. The molecule has 0 aliphatic heterocycles. The minimum absolute atomic E-state index is 0.0352. The molecule has 3 rings (SSSR count). The van der Waals surface area contributed by atoms with Crippen LogP contribution in [0.1, 0.15) is 28.0 Å². The van der Waals surface area contributed by atoms with Crippen molar-refractivity contribution in [2.45, 2.75) is 19.5 Å². The molecule has 2 heterocycles. The van der Waals surface area contributed by atoms with Gasteiger partial charge in [-0.25, -0.2) is 0 Å². The average molecular weight is 383 g/mol. The molecule has 8 nitrogen and oxygen atoms in total. The van der Waals surface area contributed by atoms with Crippen molar-refractivity contribution >= 4 is 28.2 Å². The lowest BCUT2D eigenvalue weighted by Gasteiger charge is -2.09. The van der Waals surface area contributed by atoms with Gasteiger partial charge in [0.15, 0.2) is 11.5 Å². The van der Waals surface area contributed by atoms with Crippen molar-refractivity contribution < 1.29 is 18.0 Å². The highest BCUT2D eigenvalue weighted by Gasteiger charge is 2.31. The lowest BCUT2D eigenvalue weighted by atomic mass is 10.2. The second-order valence-corrected chi connectivity index (χ2v) is 6.15. The number of alkyl halides is 3. The van der Waals surface area contributed by atoms with E-state index in [1.54, 1.807) is 0 Å². The van der Waals surface area contributed by atoms with Crippen LogP contribution in [0.4, 0.5) is 24.1 Å². The molecular formula is C14H12F3N7OS. The number of anilines is 2. The van der Waals surface area contributed by atoms with Gasteiger partial charge in [0.1, 0.15) is 5.01 Å². The van der Waals surface area contributed by atoms with Gasteiger partial charge in [-0.15, -0.1) is 15.3 Å². The largest absolute Gasteiger partial charge is 0.416 e. The number of aryl methyl sites for hydroxylation is 1. The van der Waals surface area contributed by atoms with Gasteiger partial charge in [-0.3, -0.25) is 10.1 Å². The molecule has 0 spiro atoms. The molecule has 1 amide bonds. The summed E-state index contributed by atoms with van der Waals surface area (Å²) in [7, 11) is 0. The number of carbonyl (C=O) groups is 1. The number of carbonyl (C=O) groups excluding carboxylic acids is 1. The number of benzene rings is 1. The molecule has 0 bridgehead atoms. The van der Waals surface area contributed by atoms with Crippen molar-refractivity contribution in [1.29, 1.82) is 0 Å². The molecule has 3 aromatic rings. The lowest BCUT2D eigenvalue weighted by molar-refractivity contribution is -0.137. The Kier molecular flexibility index (Phi) is 4.59. The Balaban J connectivity index is 1.87. The van der Waals surface area contributed by atoms with Crippen LogP contribution in [0, 0.1) is 0 Å². The highest BCUT2D eigenvalue weighted by molar-refractivity contribution is 7.15. The average Bonchev–Trinajstić information content (AvgIpc) is 3.20. The molecule has 0 aliphatic rings. The smallest absolute Gasteiger partial charge is 0.382 e. The minimum atomic E-state index is -4.51. The Bertz CT molecular complexity index is 950. The maximum Gasteiger partial charge on any atom is 0.416 e. The summed E-state index contributed by atoms with van der Waals surface area (Å²) in [6.45, 7) is 1.89. The summed E-state index contributed by atoms with van der Waals surface area (Å²) in [6, 6.07) is 4.38. The molecule has 0 unspecified atom stereocenters. The summed E-state index contributed by atoms with van der Waals surface area (Å²) in [4.78, 5) is 12.3. The fourth-order valence-electron chi connectivity index (χ4n) is 2.06. The van der Waals surface area contributed by atoms with Gasteiger partial charge in [-0.05, 0) is 24.6 Å². The van der Waals surface area contributed by atoms with E-state index in [1.807, 2.05) is 6.92 Å². The number of rotatable bonds is 4. The van der Waals surface area contributed by atoms with Crippen LogP contribution in [0.3, 0.4) is 0 Å². The first-order valence-corrected chi connectivity index (χ1v) is 8.13. The number of aromatic nitrogens is 5. The summed E-state index contributed by atoms with van der Waals surface area (Å²) in [5, 5.41) is 18.5. The van der Waals surface area contributed by atoms with Gasteiger partial charge in [-0.1, -0.05) is 29.5 Å². The van der Waals surface area contributed by atoms with Crippen LogP contribution in [0.25, 0.3) is 5.69 Å². The number of nitrogens with two attached hydrogens (primary N) is 1. The number of nitrogens with one attached hydrogen (secondary N) is 1. The zero-order valence-corrected chi connectivity index (χ0v) is 14.1. The monoisotopic (exact) mass is 383 g/mol. The highest BCUT2D eigenvalue weighted by atomic mass is 32.1. The highest BCUT2D eigenvalue weighted by Crippen LogP contribution is 2.30. The summed E-state index contributed by atoms with van der Waals surface area (Å²) in [6.07, 6.45) is -3.85. The van der Waals surface area contributed by atoms with Crippen molar-refractivity contribution in [1.82, 2.24) is 25.2 Å². The molecule has 0 saturated carbocycles. The predicted molar refractivity (Wildman–Crippen MR) is 88.0 cm³/mol. The summed E-state index contributed by atoms with van der Waals surface area (Å²) in [5.74, 6) is -0.874. The van der Waals surface area contributed by atoms with E-state index in [9.17, 15) is 18.0 Å². The van der Waals surface area contributed by atoms with Gasteiger partial charge in [0, 0.05) is 0 Å². The normalized spacial score (nSPS) is 11.5. The molecule has 2 aromatic heterocycles. The maximum atomic E-state index is 12.8. The number of amides is 1. The van der Waals surface area contributed by atoms with Gasteiger partial charge >= 0.3 is 6.18 Å². The molecule has 0 saturated heterocycles. The van der Waals surface area contributed by atoms with E-state index in [2.05, 4.69) is 25.8 Å². The van der Waals surface area contributed by atoms with Crippen molar-refractivity contribution in [2.75, 3.05) is 11.1 Å². The van der Waals surface area contributed by atoms with E-state index in [1.165, 1.54) is 23.5 Å². The van der Waals surface area contributed by atoms with Crippen LogP contribution in [0.2, 0.25) is 0 Å². The molecule has 136 valence electrons. The molecule has 1 aromatic carbocycles. The molecule has 3 N–H and O–H groups in total. The molecular weight excluding hydrogens is 371 g/mol. The van der Waals surface area contributed by atoms with E-state index in [-0.39, 0.29) is 22.3 Å². The van der Waals surface area contributed by atoms with Crippen molar-refractivity contribution in [3.63, 3.8) is 0 Å². The van der Waals surface area contributed by atoms with E-state index >= 15 is 0 Å². The molecule has 26 heavy (non-hydrogen) atoms. The number of hydrogen-bond acceptors (Lipinski definition) is 7. The first-order chi connectivity index (χ1) is 12.3. The van der Waals surface area contributed by atoms with Crippen LogP contribution in [-0.2, 0) is 12.6 Å². The first-order valence-electron chi connectivity index (χ1n) is 7.32. The quantitative estimate of drug-likeness (QED) is 0.716. The number of halogens is 3. The predicted octanol–water partition coefficient (Wildman–Crippen LogP) is 2.53. The fourth-order valence-corrected chi connectivity index (χ4v) is 2.73. The van der Waals surface area contributed by atoms with E-state index in [0.717, 1.165) is 21.8 Å². The molecule has 0 atom stereocenters. The van der Waals surface area contributed by atoms with Crippen LogP contribution < -0.4 is 11.1 Å². The zero-order chi connectivity index (χ0) is 18.9. The van der Waals surface area contributed by atoms with Crippen LogP contribution in [-0.4, -0.2) is 31.1 Å². The third-order valence-corrected chi connectivity index (χ3v) is 4.31. The van der Waals surface area contributed by atoms with Crippen LogP contribution >= 0.6 is 11.3 Å². The van der Waals surface area contributed by atoms with Gasteiger partial charge in [0.25, 0.3) is 5.91 Å². The Labute approximate surface area is 148 Å². The van der Waals surface area contributed by atoms with Crippen LogP contribution in [0.5, 0.6) is 0 Å². The topological polar surface area (TPSA) is 112 Å². The third kappa shape index (κ3) is 3.49. The van der Waals surface area contributed by atoms with Gasteiger partial charge in [-0.2, -0.15) is 17.9 Å². The molecule has 0 aliphatic carbocycles. The first kappa shape index (κ1) is 17.8. The standard InChI is InChI=1S/C14H12F3N7OS/c1-2-9-20-22-13(26-9)19-12(25)10-11(18)24(23-21-10)8-5-3-4-7(6-8)14(15,16)17/h3-6H,2,18H2,1H3,(H,19,22,25). The molecule has 12 heteroatoms. The van der Waals surface area contributed by atoms with Gasteiger partial charge in [0.2, 0.25) is 5.13 Å². The van der Waals surface area contributed by atoms with Gasteiger partial charge in [0.05, 0.1) is 11.3 Å². The summed E-state index contributed by atoms with van der Waals surface area (Å²) >= 11 is 1.19. The molecule has 0 radical (unpaired) electrons. The van der Waals surface area contributed by atoms with Gasteiger partial charge < -0.3 is 5.73 Å².